The summed E-state index contributed by atoms with van der Waals surface area (Å²) in [4.78, 5) is 73.0. The Labute approximate surface area is 613 Å². The van der Waals surface area contributed by atoms with Crippen molar-refractivity contribution in [3.8, 4) is 0 Å². The highest BCUT2D eigenvalue weighted by molar-refractivity contribution is 7.47. The molecule has 594 valence electrons. The lowest BCUT2D eigenvalue weighted by Gasteiger charge is -2.21. The van der Waals surface area contributed by atoms with E-state index in [1.54, 1.807) is 0 Å². The first kappa shape index (κ1) is 98.1. The molecular weight excluding hydrogens is 1310 g/mol. The monoisotopic (exact) mass is 1470 g/mol. The minimum atomic E-state index is -4.96. The second-order valence-corrected chi connectivity index (χ2v) is 33.0. The summed E-state index contributed by atoms with van der Waals surface area (Å²) in [5.41, 5.74) is 0. The summed E-state index contributed by atoms with van der Waals surface area (Å²) in [6.45, 7) is 9.58. The summed E-state index contributed by atoms with van der Waals surface area (Å²) in [6.07, 6.45) is 62.6. The molecule has 0 aromatic rings. The van der Waals surface area contributed by atoms with E-state index >= 15 is 0 Å². The minimum Gasteiger partial charge on any atom is -0.462 e. The van der Waals surface area contributed by atoms with E-state index in [4.69, 9.17) is 37.0 Å². The number of esters is 4. The van der Waals surface area contributed by atoms with E-state index in [1.807, 2.05) is 0 Å². The maximum absolute atomic E-state index is 13.1. The molecule has 100 heavy (non-hydrogen) atoms. The van der Waals surface area contributed by atoms with E-state index in [0.717, 1.165) is 102 Å². The quantitative estimate of drug-likeness (QED) is 0.0222. The molecule has 0 aromatic carbocycles. The topological polar surface area (TPSA) is 237 Å². The van der Waals surface area contributed by atoms with Crippen molar-refractivity contribution in [2.24, 2.45) is 11.8 Å². The molecular formula is C81H158O17P2. The van der Waals surface area contributed by atoms with E-state index in [0.29, 0.717) is 31.6 Å². The number of rotatable bonds is 80. The van der Waals surface area contributed by atoms with Gasteiger partial charge in [0, 0.05) is 25.7 Å². The van der Waals surface area contributed by atoms with E-state index in [-0.39, 0.29) is 25.7 Å². The Morgan fingerprint density at radius 3 is 0.680 bits per heavy atom. The number of ether oxygens (including phenoxy) is 4. The van der Waals surface area contributed by atoms with Gasteiger partial charge in [-0.05, 0) is 37.5 Å². The van der Waals surface area contributed by atoms with Gasteiger partial charge in [-0.3, -0.25) is 37.3 Å². The predicted molar refractivity (Wildman–Crippen MR) is 409 cm³/mol. The normalized spacial score (nSPS) is 13.9. The molecule has 3 N–H and O–H groups in total. The van der Waals surface area contributed by atoms with Crippen LogP contribution in [-0.2, 0) is 65.4 Å². The van der Waals surface area contributed by atoms with Gasteiger partial charge in [0.05, 0.1) is 26.4 Å². The second kappa shape index (κ2) is 72.6. The average Bonchev–Trinajstić information content (AvgIpc) is 0.952. The van der Waals surface area contributed by atoms with Crippen molar-refractivity contribution < 1.29 is 80.2 Å². The van der Waals surface area contributed by atoms with Gasteiger partial charge in [-0.25, -0.2) is 9.13 Å². The Bertz CT molecular complexity index is 1920. The summed E-state index contributed by atoms with van der Waals surface area (Å²) in [7, 11) is -9.92. The van der Waals surface area contributed by atoms with Crippen LogP contribution >= 0.6 is 15.6 Å². The van der Waals surface area contributed by atoms with Gasteiger partial charge in [0.1, 0.15) is 19.3 Å². The summed E-state index contributed by atoms with van der Waals surface area (Å²) >= 11 is 0. The van der Waals surface area contributed by atoms with Gasteiger partial charge in [-0.2, -0.15) is 0 Å². The molecule has 5 atom stereocenters. The maximum Gasteiger partial charge on any atom is 0.472 e. The van der Waals surface area contributed by atoms with Crippen LogP contribution in [0, 0.1) is 11.8 Å². The molecule has 0 aliphatic carbocycles. The number of phosphoric acid groups is 2. The molecule has 19 heteroatoms. The van der Waals surface area contributed by atoms with Crippen LogP contribution in [0.3, 0.4) is 0 Å². The van der Waals surface area contributed by atoms with Crippen molar-refractivity contribution in [1.29, 1.82) is 0 Å². The molecule has 0 aliphatic heterocycles. The molecule has 0 fully saturated rings. The van der Waals surface area contributed by atoms with Crippen LogP contribution in [0.1, 0.15) is 427 Å². The van der Waals surface area contributed by atoms with Gasteiger partial charge < -0.3 is 33.8 Å². The van der Waals surface area contributed by atoms with Crippen LogP contribution in [0.5, 0.6) is 0 Å². The average molecular weight is 1470 g/mol. The van der Waals surface area contributed by atoms with Gasteiger partial charge in [0.25, 0.3) is 0 Å². The lowest BCUT2D eigenvalue weighted by molar-refractivity contribution is -0.161. The van der Waals surface area contributed by atoms with Crippen LogP contribution in [0.2, 0.25) is 0 Å². The third-order valence-corrected chi connectivity index (χ3v) is 20.9. The summed E-state index contributed by atoms with van der Waals surface area (Å²) in [6, 6.07) is 0. The van der Waals surface area contributed by atoms with Crippen molar-refractivity contribution in [2.45, 2.75) is 445 Å². The predicted octanol–water partition coefficient (Wildman–Crippen LogP) is 24.3. The number of aliphatic hydroxyl groups is 1. The Balaban J connectivity index is 5.24. The third kappa shape index (κ3) is 74.3. The Morgan fingerprint density at radius 2 is 0.460 bits per heavy atom. The van der Waals surface area contributed by atoms with Crippen LogP contribution in [0.25, 0.3) is 0 Å². The molecule has 0 saturated heterocycles. The van der Waals surface area contributed by atoms with Crippen molar-refractivity contribution in [2.75, 3.05) is 39.6 Å². The zero-order valence-corrected chi connectivity index (χ0v) is 67.3. The van der Waals surface area contributed by atoms with Crippen LogP contribution in [0.15, 0.2) is 0 Å². The smallest absolute Gasteiger partial charge is 0.462 e. The van der Waals surface area contributed by atoms with Crippen molar-refractivity contribution >= 4 is 39.5 Å². The van der Waals surface area contributed by atoms with E-state index in [1.165, 1.54) is 238 Å². The van der Waals surface area contributed by atoms with Gasteiger partial charge in [0.2, 0.25) is 0 Å². The zero-order valence-electron chi connectivity index (χ0n) is 65.5. The van der Waals surface area contributed by atoms with Crippen LogP contribution in [0.4, 0.5) is 0 Å². The summed E-state index contributed by atoms with van der Waals surface area (Å²) < 4.78 is 68.7. The Morgan fingerprint density at radius 1 is 0.270 bits per heavy atom. The van der Waals surface area contributed by atoms with Crippen molar-refractivity contribution in [3.05, 3.63) is 0 Å². The first-order valence-corrected chi connectivity index (χ1v) is 45.0. The van der Waals surface area contributed by atoms with Crippen molar-refractivity contribution in [3.63, 3.8) is 0 Å². The molecule has 0 amide bonds. The number of aliphatic hydroxyl groups excluding tert-OH is 1. The molecule has 0 radical (unpaired) electrons. The number of phosphoric ester groups is 2. The minimum absolute atomic E-state index is 0.106. The Hall–Kier alpha value is -1.94. The number of hydrogen-bond acceptors (Lipinski definition) is 15. The fraction of sp³-hybridized carbons (Fsp3) is 0.951. The molecule has 0 rings (SSSR count). The highest BCUT2D eigenvalue weighted by Crippen LogP contribution is 2.45. The van der Waals surface area contributed by atoms with E-state index < -0.39 is 97.5 Å². The highest BCUT2D eigenvalue weighted by atomic mass is 31.2. The molecule has 0 saturated carbocycles. The molecule has 0 heterocycles. The SMILES string of the molecule is CCCCCCCCCCCCCCCCCCCCCC(=O)O[C@H](COC(=O)CCCCCCCCCCCCCCCCCCC)COP(=O)(O)OC[C@@H](O)COP(=O)(O)OC[C@@H](COC(=O)CCCCCCCCCC(C)C)OC(=O)CCCCCCCCCCCCCC(C)C. The number of hydrogen-bond donors (Lipinski definition) is 3. The number of carbonyl (C=O) groups excluding carboxylic acids is 4. The highest BCUT2D eigenvalue weighted by Gasteiger charge is 2.30. The standard InChI is InChI=1S/C81H158O17P2/c1-7-9-11-13-15-17-19-21-23-25-26-28-30-32-36-40-46-53-59-65-80(85)97-76(69-91-78(83)63-57-51-45-39-35-31-29-27-24-22-20-18-16-14-12-10-8-2)71-95-99(87,88)93-67-75(82)68-94-100(89,90)96-72-77(70-92-79(84)64-58-52-48-42-44-50-56-62-74(5)6)98-81(86)66-60-54-47-41-37-33-34-38-43-49-55-61-73(3)4/h73-77,82H,7-72H2,1-6H3,(H,87,88)(H,89,90)/t75-,76-,77-/m1/s1. The molecule has 0 aromatic heterocycles. The van der Waals surface area contributed by atoms with Gasteiger partial charge >= 0.3 is 39.5 Å². The number of carbonyl (C=O) groups is 4. The first-order chi connectivity index (χ1) is 48.4. The molecule has 0 spiro atoms. The van der Waals surface area contributed by atoms with Gasteiger partial charge in [-0.1, -0.05) is 375 Å². The van der Waals surface area contributed by atoms with E-state index in [2.05, 4.69) is 41.5 Å². The fourth-order valence-corrected chi connectivity index (χ4v) is 14.1. The van der Waals surface area contributed by atoms with Crippen LogP contribution < -0.4 is 0 Å². The lowest BCUT2D eigenvalue weighted by Crippen LogP contribution is -2.30. The van der Waals surface area contributed by atoms with Gasteiger partial charge in [0.15, 0.2) is 12.2 Å². The molecule has 2 unspecified atom stereocenters. The van der Waals surface area contributed by atoms with Crippen molar-refractivity contribution in [1.82, 2.24) is 0 Å². The summed E-state index contributed by atoms with van der Waals surface area (Å²) in [5.74, 6) is -0.639. The lowest BCUT2D eigenvalue weighted by atomic mass is 10.0. The fourth-order valence-electron chi connectivity index (χ4n) is 12.5. The maximum atomic E-state index is 13.1. The second-order valence-electron chi connectivity index (χ2n) is 30.1. The number of unbranched alkanes of at least 4 members (excludes halogenated alkanes) is 50. The molecule has 0 aliphatic rings. The van der Waals surface area contributed by atoms with Gasteiger partial charge in [-0.15, -0.1) is 0 Å². The Kier molecular flexibility index (Phi) is 71.2. The van der Waals surface area contributed by atoms with E-state index in [9.17, 15) is 43.2 Å². The molecule has 17 nitrogen and oxygen atoms in total. The van der Waals surface area contributed by atoms with Crippen LogP contribution in [-0.4, -0.2) is 96.7 Å². The third-order valence-electron chi connectivity index (χ3n) is 19.0. The largest absolute Gasteiger partial charge is 0.472 e. The summed E-state index contributed by atoms with van der Waals surface area (Å²) in [5, 5.41) is 10.6. The molecule has 0 bridgehead atoms. The zero-order chi connectivity index (χ0) is 73.5. The first-order valence-electron chi connectivity index (χ1n) is 42.0.